The van der Waals surface area contributed by atoms with Crippen LogP contribution in [0.3, 0.4) is 0 Å². The highest BCUT2D eigenvalue weighted by atomic mass is 19.2. The molecule has 0 radical (unpaired) electrons. The van der Waals surface area contributed by atoms with Gasteiger partial charge in [0.15, 0.2) is 11.6 Å². The summed E-state index contributed by atoms with van der Waals surface area (Å²) in [5, 5.41) is 2.83. The van der Waals surface area contributed by atoms with Gasteiger partial charge in [0.25, 0.3) is 0 Å². The molecule has 82 valence electrons. The monoisotopic (exact) mass is 223 g/mol. The molecule has 2 rings (SSSR count). The average molecular weight is 223 g/mol. The van der Waals surface area contributed by atoms with Gasteiger partial charge in [0.1, 0.15) is 5.82 Å². The Hall–Kier alpha value is -1.97. The number of hydrogen-bond acceptors (Lipinski definition) is 1. The standard InChI is InChI=1S/C12H8F3N/c13-8-1-3-9(4-2-8)16-10-5-6-11(14)12(15)7-10/h1-7,16H. The van der Waals surface area contributed by atoms with Gasteiger partial charge < -0.3 is 5.32 Å². The van der Waals surface area contributed by atoms with Crippen molar-refractivity contribution in [3.8, 4) is 0 Å². The topological polar surface area (TPSA) is 12.0 Å². The molecule has 0 heterocycles. The SMILES string of the molecule is Fc1ccc(Nc2ccc(F)c(F)c2)cc1. The van der Waals surface area contributed by atoms with Crippen LogP contribution in [0.2, 0.25) is 0 Å². The largest absolute Gasteiger partial charge is 0.355 e. The van der Waals surface area contributed by atoms with Gasteiger partial charge in [-0.25, -0.2) is 13.2 Å². The van der Waals surface area contributed by atoms with Crippen LogP contribution in [0, 0.1) is 17.5 Å². The third-order valence-corrected chi connectivity index (χ3v) is 2.05. The van der Waals surface area contributed by atoms with Gasteiger partial charge in [0, 0.05) is 17.4 Å². The van der Waals surface area contributed by atoms with E-state index in [0.717, 1.165) is 12.1 Å². The lowest BCUT2D eigenvalue weighted by Gasteiger charge is -2.06. The Morgan fingerprint density at radius 2 is 1.31 bits per heavy atom. The molecule has 0 spiro atoms. The fourth-order valence-electron chi connectivity index (χ4n) is 1.27. The predicted molar refractivity (Wildman–Crippen MR) is 56.0 cm³/mol. The zero-order valence-electron chi connectivity index (χ0n) is 8.18. The first-order valence-electron chi connectivity index (χ1n) is 4.63. The molecule has 0 saturated carbocycles. The van der Waals surface area contributed by atoms with Crippen LogP contribution in [0.25, 0.3) is 0 Å². The Morgan fingerprint density at radius 1 is 0.688 bits per heavy atom. The minimum Gasteiger partial charge on any atom is -0.355 e. The zero-order chi connectivity index (χ0) is 11.5. The van der Waals surface area contributed by atoms with E-state index in [1.807, 2.05) is 0 Å². The van der Waals surface area contributed by atoms with Crippen LogP contribution in [0.1, 0.15) is 0 Å². The van der Waals surface area contributed by atoms with Gasteiger partial charge in [-0.1, -0.05) is 0 Å². The van der Waals surface area contributed by atoms with Gasteiger partial charge in [-0.3, -0.25) is 0 Å². The summed E-state index contributed by atoms with van der Waals surface area (Å²) in [6, 6.07) is 9.05. The molecule has 0 saturated heterocycles. The Labute approximate surface area is 90.5 Å². The quantitative estimate of drug-likeness (QED) is 0.815. The molecular formula is C12H8F3N. The second-order valence-corrected chi connectivity index (χ2v) is 3.26. The van der Waals surface area contributed by atoms with Crippen LogP contribution in [-0.2, 0) is 0 Å². The number of hydrogen-bond donors (Lipinski definition) is 1. The van der Waals surface area contributed by atoms with Gasteiger partial charge in [-0.05, 0) is 36.4 Å². The molecule has 0 aliphatic rings. The Balaban J connectivity index is 2.20. The van der Waals surface area contributed by atoms with Crippen molar-refractivity contribution in [1.29, 1.82) is 0 Å². The maximum atomic E-state index is 12.9. The fraction of sp³-hybridized carbons (Fsp3) is 0. The molecule has 2 aromatic carbocycles. The minimum atomic E-state index is -0.924. The molecule has 0 fully saturated rings. The first-order chi connectivity index (χ1) is 7.65. The fourth-order valence-corrected chi connectivity index (χ4v) is 1.27. The van der Waals surface area contributed by atoms with E-state index in [0.29, 0.717) is 11.4 Å². The summed E-state index contributed by atoms with van der Waals surface area (Å²) >= 11 is 0. The zero-order valence-corrected chi connectivity index (χ0v) is 8.18. The van der Waals surface area contributed by atoms with E-state index in [2.05, 4.69) is 5.32 Å². The molecule has 4 heteroatoms. The highest BCUT2D eigenvalue weighted by Crippen LogP contribution is 2.18. The van der Waals surface area contributed by atoms with Gasteiger partial charge in [0.05, 0.1) is 0 Å². The highest BCUT2D eigenvalue weighted by molar-refractivity contribution is 5.59. The van der Waals surface area contributed by atoms with Gasteiger partial charge in [-0.15, -0.1) is 0 Å². The Bertz CT molecular complexity index is 494. The second kappa shape index (κ2) is 4.26. The van der Waals surface area contributed by atoms with Crippen molar-refractivity contribution in [1.82, 2.24) is 0 Å². The molecule has 1 N–H and O–H groups in total. The second-order valence-electron chi connectivity index (χ2n) is 3.26. The van der Waals surface area contributed by atoms with Crippen molar-refractivity contribution in [3.05, 3.63) is 59.9 Å². The van der Waals surface area contributed by atoms with Gasteiger partial charge in [-0.2, -0.15) is 0 Å². The van der Waals surface area contributed by atoms with Crippen LogP contribution in [0.15, 0.2) is 42.5 Å². The average Bonchev–Trinajstić information content (AvgIpc) is 2.27. The van der Waals surface area contributed by atoms with E-state index in [9.17, 15) is 13.2 Å². The van der Waals surface area contributed by atoms with E-state index in [-0.39, 0.29) is 5.82 Å². The molecule has 0 atom stereocenters. The number of anilines is 2. The summed E-state index contributed by atoms with van der Waals surface area (Å²) in [6.45, 7) is 0. The van der Waals surface area contributed by atoms with Crippen molar-refractivity contribution in [2.24, 2.45) is 0 Å². The summed E-state index contributed by atoms with van der Waals surface area (Å²) in [5.74, 6) is -2.17. The van der Waals surface area contributed by atoms with Crippen molar-refractivity contribution in [3.63, 3.8) is 0 Å². The number of halogens is 3. The lowest BCUT2D eigenvalue weighted by molar-refractivity contribution is 0.509. The highest BCUT2D eigenvalue weighted by Gasteiger charge is 2.02. The summed E-state index contributed by atoms with van der Waals surface area (Å²) in [4.78, 5) is 0. The normalized spacial score (nSPS) is 10.2. The van der Waals surface area contributed by atoms with E-state index in [4.69, 9.17) is 0 Å². The van der Waals surface area contributed by atoms with Crippen LogP contribution in [-0.4, -0.2) is 0 Å². The van der Waals surface area contributed by atoms with Crippen molar-refractivity contribution < 1.29 is 13.2 Å². The molecule has 2 aromatic rings. The first-order valence-corrected chi connectivity index (χ1v) is 4.63. The van der Waals surface area contributed by atoms with E-state index < -0.39 is 11.6 Å². The Kier molecular flexibility index (Phi) is 2.81. The molecule has 0 unspecified atom stereocenters. The van der Waals surface area contributed by atoms with Crippen LogP contribution < -0.4 is 5.32 Å². The third kappa shape index (κ3) is 2.34. The van der Waals surface area contributed by atoms with Crippen molar-refractivity contribution >= 4 is 11.4 Å². The molecule has 0 aromatic heterocycles. The Morgan fingerprint density at radius 3 is 1.94 bits per heavy atom. The summed E-state index contributed by atoms with van der Waals surface area (Å²) < 4.78 is 38.1. The predicted octanol–water partition coefficient (Wildman–Crippen LogP) is 3.85. The van der Waals surface area contributed by atoms with Crippen LogP contribution in [0.4, 0.5) is 24.5 Å². The lowest BCUT2D eigenvalue weighted by Crippen LogP contribution is -1.92. The molecule has 0 aliphatic heterocycles. The maximum Gasteiger partial charge on any atom is 0.160 e. The first kappa shape index (κ1) is 10.5. The van der Waals surface area contributed by atoms with Crippen LogP contribution >= 0.6 is 0 Å². The van der Waals surface area contributed by atoms with E-state index in [1.54, 1.807) is 0 Å². The van der Waals surface area contributed by atoms with Crippen LogP contribution in [0.5, 0.6) is 0 Å². The maximum absolute atomic E-state index is 12.9. The summed E-state index contributed by atoms with van der Waals surface area (Å²) in [7, 11) is 0. The number of nitrogens with one attached hydrogen (secondary N) is 1. The van der Waals surface area contributed by atoms with Gasteiger partial charge >= 0.3 is 0 Å². The third-order valence-electron chi connectivity index (χ3n) is 2.05. The molecule has 0 aliphatic carbocycles. The smallest absolute Gasteiger partial charge is 0.160 e. The summed E-state index contributed by atoms with van der Waals surface area (Å²) in [5.41, 5.74) is 1.01. The molecule has 0 amide bonds. The molecule has 16 heavy (non-hydrogen) atoms. The lowest BCUT2D eigenvalue weighted by atomic mass is 10.2. The van der Waals surface area contributed by atoms with Crippen molar-refractivity contribution in [2.45, 2.75) is 0 Å². The molecule has 0 bridgehead atoms. The van der Waals surface area contributed by atoms with E-state index >= 15 is 0 Å². The van der Waals surface area contributed by atoms with E-state index in [1.165, 1.54) is 30.3 Å². The number of benzene rings is 2. The molecule has 1 nitrogen and oxygen atoms in total. The minimum absolute atomic E-state index is 0.351. The van der Waals surface area contributed by atoms with Crippen molar-refractivity contribution in [2.75, 3.05) is 5.32 Å². The number of rotatable bonds is 2. The molecular weight excluding hydrogens is 215 g/mol. The van der Waals surface area contributed by atoms with Gasteiger partial charge in [0.2, 0.25) is 0 Å². The summed E-state index contributed by atoms with van der Waals surface area (Å²) in [6.07, 6.45) is 0.